The number of rotatable bonds is 8. The average molecular weight is 514 g/mol. The first-order chi connectivity index (χ1) is 17.3. The van der Waals surface area contributed by atoms with Crippen LogP contribution in [0.5, 0.6) is 11.5 Å². The van der Waals surface area contributed by atoms with Gasteiger partial charge in [0, 0.05) is 43.1 Å². The van der Waals surface area contributed by atoms with Crippen LogP contribution in [-0.2, 0) is 11.2 Å². The normalized spacial score (nSPS) is 19.3. The first-order valence-electron chi connectivity index (χ1n) is 12.6. The molecule has 0 aliphatic carbocycles. The van der Waals surface area contributed by atoms with Gasteiger partial charge >= 0.3 is 0 Å². The molecule has 2 fully saturated rings. The van der Waals surface area contributed by atoms with Crippen molar-refractivity contribution >= 4 is 23.4 Å². The van der Waals surface area contributed by atoms with E-state index in [4.69, 9.17) is 21.1 Å². The van der Waals surface area contributed by atoms with Gasteiger partial charge in [-0.2, -0.15) is 0 Å². The zero-order valence-electron chi connectivity index (χ0n) is 21.6. The molecule has 2 aromatic rings. The molecule has 8 heteroatoms. The molecule has 2 aliphatic heterocycles. The largest absolute Gasteiger partial charge is 0.493 e. The molecule has 2 saturated heterocycles. The molecule has 0 bridgehead atoms. The van der Waals surface area contributed by atoms with Crippen molar-refractivity contribution in [2.75, 3.05) is 33.9 Å². The Labute approximate surface area is 218 Å². The zero-order chi connectivity index (χ0) is 25.9. The number of nitrogens with one attached hydrogen (secondary N) is 1. The highest BCUT2D eigenvalue weighted by atomic mass is 35.5. The quantitative estimate of drug-likeness (QED) is 0.567. The van der Waals surface area contributed by atoms with E-state index in [2.05, 4.69) is 19.2 Å². The van der Waals surface area contributed by atoms with E-state index in [1.54, 1.807) is 38.5 Å². The van der Waals surface area contributed by atoms with Crippen molar-refractivity contribution in [2.45, 2.75) is 51.2 Å². The number of piperidine rings is 1. The Morgan fingerprint density at radius 1 is 1.08 bits per heavy atom. The van der Waals surface area contributed by atoms with Gasteiger partial charge in [-0.25, -0.2) is 0 Å². The lowest BCUT2D eigenvalue weighted by Gasteiger charge is -2.44. The summed E-state index contributed by atoms with van der Waals surface area (Å²) < 4.78 is 10.8. The Morgan fingerprint density at radius 2 is 1.75 bits per heavy atom. The maximum absolute atomic E-state index is 13.6. The lowest BCUT2D eigenvalue weighted by molar-refractivity contribution is -0.133. The second-order valence-electron chi connectivity index (χ2n) is 10.1. The minimum absolute atomic E-state index is 0.00134. The van der Waals surface area contributed by atoms with E-state index < -0.39 is 5.66 Å². The molecule has 2 aliphatic rings. The maximum atomic E-state index is 13.6. The van der Waals surface area contributed by atoms with Gasteiger partial charge in [0.1, 0.15) is 0 Å². The van der Waals surface area contributed by atoms with Crippen LogP contribution in [0.3, 0.4) is 0 Å². The first-order valence-corrected chi connectivity index (χ1v) is 13.0. The van der Waals surface area contributed by atoms with Crippen LogP contribution < -0.4 is 14.8 Å². The Hall–Kier alpha value is -2.77. The molecule has 0 saturated carbocycles. The molecule has 2 aromatic carbocycles. The summed E-state index contributed by atoms with van der Waals surface area (Å²) in [6, 6.07) is 12.7. The minimum atomic E-state index is -0.441. The third-order valence-corrected chi connectivity index (χ3v) is 7.52. The van der Waals surface area contributed by atoms with Gasteiger partial charge in [0.05, 0.1) is 25.9 Å². The summed E-state index contributed by atoms with van der Waals surface area (Å²) in [7, 11) is 3.24. The van der Waals surface area contributed by atoms with Crippen molar-refractivity contribution in [2.24, 2.45) is 5.92 Å². The number of halogens is 1. The number of likely N-dealkylation sites (tertiary alicyclic amines) is 1. The second-order valence-corrected chi connectivity index (χ2v) is 10.5. The fraction of sp³-hybridized carbons (Fsp3) is 0.500. The monoisotopic (exact) mass is 513 g/mol. The predicted molar refractivity (Wildman–Crippen MR) is 141 cm³/mol. The third-order valence-electron chi connectivity index (χ3n) is 7.27. The van der Waals surface area contributed by atoms with Gasteiger partial charge in [-0.05, 0) is 60.7 Å². The van der Waals surface area contributed by atoms with Crippen molar-refractivity contribution in [1.29, 1.82) is 0 Å². The van der Waals surface area contributed by atoms with Crippen molar-refractivity contribution in [3.8, 4) is 11.5 Å². The molecule has 0 unspecified atom stereocenters. The highest BCUT2D eigenvalue weighted by Gasteiger charge is 2.51. The molecule has 2 amide bonds. The topological polar surface area (TPSA) is 71.1 Å². The molecular weight excluding hydrogens is 478 g/mol. The Bertz CT molecular complexity index is 1080. The summed E-state index contributed by atoms with van der Waals surface area (Å²) in [6.45, 7) is 6.05. The van der Waals surface area contributed by atoms with Gasteiger partial charge in [-0.3, -0.25) is 14.9 Å². The molecule has 7 nitrogen and oxygen atoms in total. The number of hydrogen-bond acceptors (Lipinski definition) is 5. The van der Waals surface area contributed by atoms with E-state index in [0.29, 0.717) is 66.9 Å². The number of nitrogens with zero attached hydrogens (tertiary/aromatic N) is 2. The molecule has 4 rings (SSSR count). The smallest absolute Gasteiger partial charge is 0.253 e. The van der Waals surface area contributed by atoms with Crippen molar-refractivity contribution in [3.63, 3.8) is 0 Å². The number of ether oxygens (including phenoxy) is 2. The van der Waals surface area contributed by atoms with E-state index >= 15 is 0 Å². The highest BCUT2D eigenvalue weighted by molar-refractivity contribution is 6.30. The van der Waals surface area contributed by atoms with Crippen molar-refractivity contribution in [3.05, 3.63) is 58.6 Å². The number of benzene rings is 2. The summed E-state index contributed by atoms with van der Waals surface area (Å²) >= 11 is 5.99. The van der Waals surface area contributed by atoms with Crippen LogP contribution in [0.4, 0.5) is 0 Å². The maximum Gasteiger partial charge on any atom is 0.253 e. The van der Waals surface area contributed by atoms with Gasteiger partial charge in [-0.1, -0.05) is 31.5 Å². The van der Waals surface area contributed by atoms with Crippen molar-refractivity contribution in [1.82, 2.24) is 15.1 Å². The summed E-state index contributed by atoms with van der Waals surface area (Å²) in [5, 5.41) is 4.31. The van der Waals surface area contributed by atoms with E-state index in [0.717, 1.165) is 12.0 Å². The van der Waals surface area contributed by atoms with Gasteiger partial charge in [-0.15, -0.1) is 0 Å². The number of carbonyl (C=O) groups excluding carboxylic acids is 2. The minimum Gasteiger partial charge on any atom is -0.493 e. The number of carbonyl (C=O) groups is 2. The predicted octanol–water partition coefficient (Wildman–Crippen LogP) is 4.38. The van der Waals surface area contributed by atoms with Crippen LogP contribution in [0.2, 0.25) is 5.02 Å². The lowest BCUT2D eigenvalue weighted by atomic mass is 9.94. The van der Waals surface area contributed by atoms with E-state index in [9.17, 15) is 9.59 Å². The van der Waals surface area contributed by atoms with Crippen molar-refractivity contribution < 1.29 is 19.1 Å². The standard InChI is InChI=1S/C28H36ClN3O4/c1-19(2)17-23-27(34)32(14-11-20-5-10-24(35-3)25(18-20)36-4)28(30-23)12-15-31(16-13-28)26(33)21-6-8-22(29)9-7-21/h5-10,18-19,23,30H,11-17H2,1-4H3/t23-/m0/s1. The Morgan fingerprint density at radius 3 is 2.36 bits per heavy atom. The van der Waals surface area contributed by atoms with Gasteiger partial charge in [0.25, 0.3) is 5.91 Å². The molecule has 1 spiro atoms. The van der Waals surface area contributed by atoms with Crippen LogP contribution in [-0.4, -0.2) is 67.2 Å². The fourth-order valence-corrected chi connectivity index (χ4v) is 5.49. The van der Waals surface area contributed by atoms with Crippen LogP contribution in [0.25, 0.3) is 0 Å². The fourth-order valence-electron chi connectivity index (χ4n) is 5.36. The Kier molecular flexibility index (Phi) is 8.10. The molecule has 1 N–H and O–H groups in total. The summed E-state index contributed by atoms with van der Waals surface area (Å²) in [6.07, 6.45) is 2.88. The SMILES string of the molecule is COc1ccc(CCN2C(=O)[C@H](CC(C)C)NC23CCN(C(=O)c2ccc(Cl)cc2)CC3)cc1OC. The molecule has 2 heterocycles. The zero-order valence-corrected chi connectivity index (χ0v) is 22.3. The van der Waals surface area contributed by atoms with Gasteiger partial charge in [0.15, 0.2) is 11.5 Å². The average Bonchev–Trinajstić information content (AvgIpc) is 3.12. The van der Waals surface area contributed by atoms with E-state index in [-0.39, 0.29) is 17.9 Å². The van der Waals surface area contributed by atoms with Crippen LogP contribution >= 0.6 is 11.6 Å². The molecule has 1 atom stereocenters. The van der Waals surface area contributed by atoms with Gasteiger partial charge in [0.2, 0.25) is 5.91 Å². The van der Waals surface area contributed by atoms with Crippen LogP contribution in [0.15, 0.2) is 42.5 Å². The van der Waals surface area contributed by atoms with Gasteiger partial charge < -0.3 is 19.3 Å². The first kappa shape index (κ1) is 26.3. The summed E-state index contributed by atoms with van der Waals surface area (Å²) in [5.41, 5.74) is 1.27. The molecule has 194 valence electrons. The highest BCUT2D eigenvalue weighted by Crippen LogP contribution is 2.35. The van der Waals surface area contributed by atoms with E-state index in [1.165, 1.54) is 0 Å². The number of amides is 2. The van der Waals surface area contributed by atoms with Crippen LogP contribution in [0.1, 0.15) is 49.0 Å². The number of hydrogen-bond donors (Lipinski definition) is 1. The Balaban J connectivity index is 1.49. The summed E-state index contributed by atoms with van der Waals surface area (Å²) in [4.78, 5) is 30.5. The number of methoxy groups -OCH3 is 2. The molecular formula is C28H36ClN3O4. The molecule has 0 radical (unpaired) electrons. The molecule has 36 heavy (non-hydrogen) atoms. The molecule has 0 aromatic heterocycles. The summed E-state index contributed by atoms with van der Waals surface area (Å²) in [5.74, 6) is 1.93. The van der Waals surface area contributed by atoms with Crippen LogP contribution in [0, 0.1) is 5.92 Å². The van der Waals surface area contributed by atoms with E-state index in [1.807, 2.05) is 28.0 Å². The second kappa shape index (κ2) is 11.1. The third kappa shape index (κ3) is 5.47. The lowest BCUT2D eigenvalue weighted by Crippen LogP contribution is -2.60.